The summed E-state index contributed by atoms with van der Waals surface area (Å²) in [6.07, 6.45) is -0.690. The first kappa shape index (κ1) is 19.6. The molecule has 0 aliphatic heterocycles. The lowest BCUT2D eigenvalue weighted by Crippen LogP contribution is -2.17. The van der Waals surface area contributed by atoms with E-state index in [4.69, 9.17) is 13.7 Å². The van der Waals surface area contributed by atoms with Gasteiger partial charge in [-0.25, -0.2) is 0 Å². The lowest BCUT2D eigenvalue weighted by molar-refractivity contribution is -0.146. The van der Waals surface area contributed by atoms with E-state index in [1.54, 1.807) is 19.9 Å². The molecule has 3 rings (SSSR count). The van der Waals surface area contributed by atoms with Crippen molar-refractivity contribution in [1.82, 2.24) is 15.4 Å². The van der Waals surface area contributed by atoms with Crippen LogP contribution < -0.4 is 5.32 Å². The number of nitrogens with one attached hydrogen (secondary N) is 1. The molecule has 1 amide bonds. The van der Waals surface area contributed by atoms with Gasteiger partial charge in [0, 0.05) is 11.6 Å². The Kier molecular flexibility index (Phi) is 6.43. The summed E-state index contributed by atoms with van der Waals surface area (Å²) < 4.78 is 15.7. The summed E-state index contributed by atoms with van der Waals surface area (Å²) in [7, 11) is 0. The molecule has 0 saturated carbocycles. The zero-order chi connectivity index (χ0) is 19.9. The maximum atomic E-state index is 12.0. The van der Waals surface area contributed by atoms with Crippen LogP contribution in [-0.4, -0.2) is 38.7 Å². The van der Waals surface area contributed by atoms with Gasteiger partial charge in [-0.05, 0) is 26.0 Å². The maximum absolute atomic E-state index is 12.0. The van der Waals surface area contributed by atoms with Gasteiger partial charge in [0.15, 0.2) is 11.9 Å². The lowest BCUT2D eigenvalue weighted by atomic mass is 10.2. The van der Waals surface area contributed by atoms with Crippen molar-refractivity contribution < 1.29 is 23.3 Å². The molecular formula is C18H18N4O5S. The predicted molar refractivity (Wildman–Crippen MR) is 101 cm³/mol. The van der Waals surface area contributed by atoms with Crippen LogP contribution in [-0.2, 0) is 14.3 Å². The second-order valence-corrected chi connectivity index (χ2v) is 6.79. The Labute approximate surface area is 164 Å². The molecule has 0 unspecified atom stereocenters. The molecule has 0 saturated heterocycles. The molecule has 9 nitrogen and oxygen atoms in total. The number of hydrogen-bond acceptors (Lipinski definition) is 9. The number of thioether (sulfide) groups is 1. The van der Waals surface area contributed by atoms with E-state index >= 15 is 0 Å². The fourth-order valence-corrected chi connectivity index (χ4v) is 2.80. The number of carbonyl (C=O) groups excluding carboxylic acids is 2. The third kappa shape index (κ3) is 5.43. The van der Waals surface area contributed by atoms with Crippen molar-refractivity contribution in [2.45, 2.75) is 20.0 Å². The van der Waals surface area contributed by atoms with E-state index in [0.29, 0.717) is 17.5 Å². The number of hydrogen-bond donors (Lipinski definition) is 1. The molecule has 1 aromatic carbocycles. The molecule has 0 aliphatic rings. The Morgan fingerprint density at radius 2 is 2.00 bits per heavy atom. The van der Waals surface area contributed by atoms with Crippen molar-refractivity contribution in [2.24, 2.45) is 0 Å². The third-order valence-corrected chi connectivity index (χ3v) is 4.37. The van der Waals surface area contributed by atoms with Crippen LogP contribution in [0.25, 0.3) is 11.5 Å². The van der Waals surface area contributed by atoms with Crippen molar-refractivity contribution in [3.05, 3.63) is 48.0 Å². The predicted octanol–water partition coefficient (Wildman–Crippen LogP) is 3.01. The van der Waals surface area contributed by atoms with Crippen LogP contribution in [0, 0.1) is 6.92 Å². The van der Waals surface area contributed by atoms with Crippen LogP contribution in [0.5, 0.6) is 0 Å². The third-order valence-electron chi connectivity index (χ3n) is 3.47. The summed E-state index contributed by atoms with van der Waals surface area (Å²) in [6.45, 7) is 3.37. The summed E-state index contributed by atoms with van der Waals surface area (Å²) in [5, 5.41) is 14.1. The minimum atomic E-state index is -0.690. The number of esters is 1. The van der Waals surface area contributed by atoms with Gasteiger partial charge in [0.25, 0.3) is 5.89 Å². The van der Waals surface area contributed by atoms with Crippen LogP contribution in [0.2, 0.25) is 0 Å². The number of benzene rings is 1. The number of aryl methyl sites for hydroxylation is 1. The van der Waals surface area contributed by atoms with Crippen LogP contribution in [0.4, 0.5) is 5.82 Å². The van der Waals surface area contributed by atoms with E-state index in [2.05, 4.69) is 20.7 Å². The van der Waals surface area contributed by atoms with Gasteiger partial charge in [-0.3, -0.25) is 9.59 Å². The van der Waals surface area contributed by atoms with Gasteiger partial charge < -0.3 is 19.0 Å². The first-order valence-corrected chi connectivity index (χ1v) is 9.56. The molecule has 0 radical (unpaired) electrons. The number of amides is 1. The number of anilines is 1. The van der Waals surface area contributed by atoms with E-state index in [1.165, 1.54) is 0 Å². The fraction of sp³-hybridized carbons (Fsp3) is 0.278. The van der Waals surface area contributed by atoms with Gasteiger partial charge in [0.05, 0.1) is 11.5 Å². The minimum absolute atomic E-state index is 0.00921. The van der Waals surface area contributed by atoms with E-state index in [1.807, 2.05) is 30.3 Å². The van der Waals surface area contributed by atoms with Crippen LogP contribution in [0.15, 0.2) is 45.3 Å². The topological polar surface area (TPSA) is 120 Å². The SMILES string of the molecule is Cc1cc(NC(=O)CSCC(=O)O[C@@H](C)c2nnc(-c3ccccc3)o2)no1. The van der Waals surface area contributed by atoms with Crippen LogP contribution in [0.1, 0.15) is 24.7 Å². The fourth-order valence-electron chi connectivity index (χ4n) is 2.21. The Balaban J connectivity index is 1.42. The van der Waals surface area contributed by atoms with E-state index in [0.717, 1.165) is 17.3 Å². The summed E-state index contributed by atoms with van der Waals surface area (Å²) >= 11 is 1.12. The average Bonchev–Trinajstić information content (AvgIpc) is 3.32. The number of carbonyl (C=O) groups is 2. The normalized spacial score (nSPS) is 11.8. The van der Waals surface area contributed by atoms with Crippen molar-refractivity contribution in [3.8, 4) is 11.5 Å². The zero-order valence-electron chi connectivity index (χ0n) is 15.2. The number of ether oxygens (including phenoxy) is 1. The molecule has 0 fully saturated rings. The summed E-state index contributed by atoms with van der Waals surface area (Å²) in [4.78, 5) is 23.7. The Morgan fingerprint density at radius 1 is 1.21 bits per heavy atom. The highest BCUT2D eigenvalue weighted by atomic mass is 32.2. The molecule has 1 N–H and O–H groups in total. The lowest BCUT2D eigenvalue weighted by Gasteiger charge is -2.09. The van der Waals surface area contributed by atoms with Gasteiger partial charge in [0.1, 0.15) is 5.76 Å². The first-order valence-electron chi connectivity index (χ1n) is 8.40. The Bertz CT molecular complexity index is 940. The summed E-state index contributed by atoms with van der Waals surface area (Å²) in [5.41, 5.74) is 0.781. The highest BCUT2D eigenvalue weighted by Gasteiger charge is 2.19. The van der Waals surface area contributed by atoms with E-state index in [9.17, 15) is 9.59 Å². The van der Waals surface area contributed by atoms with Crippen LogP contribution >= 0.6 is 11.8 Å². The maximum Gasteiger partial charge on any atom is 0.316 e. The molecule has 2 aromatic heterocycles. The molecule has 146 valence electrons. The zero-order valence-corrected chi connectivity index (χ0v) is 16.1. The van der Waals surface area contributed by atoms with Crippen molar-refractivity contribution >= 4 is 29.5 Å². The highest BCUT2D eigenvalue weighted by molar-refractivity contribution is 8.00. The molecule has 0 bridgehead atoms. The standard InChI is InChI=1S/C18H18N4O5S/c1-11-8-14(22-27-11)19-15(23)9-28-10-16(24)25-12(2)17-20-21-18(26-17)13-6-4-3-5-7-13/h3-8,12H,9-10H2,1-2H3,(H,19,22,23)/t12-/m0/s1. The second-order valence-electron chi connectivity index (χ2n) is 5.81. The van der Waals surface area contributed by atoms with Gasteiger partial charge in [0.2, 0.25) is 11.8 Å². The quantitative estimate of drug-likeness (QED) is 0.567. The number of nitrogens with zero attached hydrogens (tertiary/aromatic N) is 3. The van der Waals surface area contributed by atoms with Gasteiger partial charge >= 0.3 is 5.97 Å². The molecule has 10 heteroatoms. The number of rotatable bonds is 8. The van der Waals surface area contributed by atoms with Crippen molar-refractivity contribution in [3.63, 3.8) is 0 Å². The van der Waals surface area contributed by atoms with Crippen LogP contribution in [0.3, 0.4) is 0 Å². The van der Waals surface area contributed by atoms with E-state index < -0.39 is 12.1 Å². The van der Waals surface area contributed by atoms with Crippen molar-refractivity contribution in [1.29, 1.82) is 0 Å². The van der Waals surface area contributed by atoms with Crippen molar-refractivity contribution in [2.75, 3.05) is 16.8 Å². The Morgan fingerprint density at radius 3 is 2.71 bits per heavy atom. The highest BCUT2D eigenvalue weighted by Crippen LogP contribution is 2.22. The first-order chi connectivity index (χ1) is 13.5. The van der Waals surface area contributed by atoms with Gasteiger partial charge in [-0.15, -0.1) is 22.0 Å². The van der Waals surface area contributed by atoms with Gasteiger partial charge in [-0.1, -0.05) is 23.4 Å². The van der Waals surface area contributed by atoms with Gasteiger partial charge in [-0.2, -0.15) is 0 Å². The molecule has 1 atom stereocenters. The molecular weight excluding hydrogens is 384 g/mol. The monoisotopic (exact) mass is 402 g/mol. The molecule has 0 aliphatic carbocycles. The largest absolute Gasteiger partial charge is 0.452 e. The smallest absolute Gasteiger partial charge is 0.316 e. The molecule has 2 heterocycles. The minimum Gasteiger partial charge on any atom is -0.452 e. The van der Waals surface area contributed by atoms with E-state index in [-0.39, 0.29) is 23.3 Å². The molecule has 0 spiro atoms. The number of aromatic nitrogens is 3. The second kappa shape index (κ2) is 9.18. The molecule has 3 aromatic rings. The Hall–Kier alpha value is -3.14. The molecule has 28 heavy (non-hydrogen) atoms. The summed E-state index contributed by atoms with van der Waals surface area (Å²) in [5.74, 6) is 0.806. The average molecular weight is 402 g/mol. The summed E-state index contributed by atoms with van der Waals surface area (Å²) in [6, 6.07) is 10.9.